The van der Waals surface area contributed by atoms with Crippen molar-refractivity contribution in [2.24, 2.45) is 0 Å². The monoisotopic (exact) mass is 292 g/mol. The van der Waals surface area contributed by atoms with Crippen LogP contribution in [0.25, 0.3) is 11.0 Å². The topological polar surface area (TPSA) is 58.1 Å². The Morgan fingerprint density at radius 1 is 1.25 bits per heavy atom. The van der Waals surface area contributed by atoms with E-state index in [9.17, 15) is 4.79 Å². The highest BCUT2D eigenvalue weighted by molar-refractivity contribution is 7.00. The summed E-state index contributed by atoms with van der Waals surface area (Å²) in [7, 11) is 0. The summed E-state index contributed by atoms with van der Waals surface area (Å²) in [5.74, 6) is 0.00685. The van der Waals surface area contributed by atoms with Gasteiger partial charge >= 0.3 is 0 Å². The first kappa shape index (κ1) is 14.9. The number of rotatable bonds is 7. The summed E-state index contributed by atoms with van der Waals surface area (Å²) in [5.41, 5.74) is 2.34. The Kier molecular flexibility index (Phi) is 5.43. The van der Waals surface area contributed by atoms with Crippen LogP contribution in [0.2, 0.25) is 0 Å². The molecule has 0 saturated heterocycles. The number of amides is 1. The molecule has 0 aliphatic carbocycles. The van der Waals surface area contributed by atoms with Crippen LogP contribution < -0.4 is 5.32 Å². The molecule has 1 aromatic heterocycles. The number of hydrogen-bond donors (Lipinski definition) is 1. The second kappa shape index (κ2) is 7.31. The molecule has 6 heteroatoms. The second-order valence-corrected chi connectivity index (χ2v) is 5.29. The molecule has 0 aliphatic heterocycles. The van der Waals surface area contributed by atoms with Gasteiger partial charge in [-0.05, 0) is 38.1 Å². The normalized spacial score (nSPS) is 11.2. The standard InChI is InChI=1S/C14H20N4OS/c1-3-8-18(9-4-2)10-13(19)15-11-6-5-7-12-14(11)17-20-16-12/h5-7H,3-4,8-10H2,1-2H3,(H,15,19). The van der Waals surface area contributed by atoms with Crippen LogP contribution in [0.5, 0.6) is 0 Å². The van der Waals surface area contributed by atoms with Gasteiger partial charge in [-0.15, -0.1) is 0 Å². The molecule has 0 spiro atoms. The zero-order chi connectivity index (χ0) is 14.4. The molecule has 5 nitrogen and oxygen atoms in total. The number of carbonyl (C=O) groups excluding carboxylic acids is 1. The average Bonchev–Trinajstić information content (AvgIpc) is 2.88. The molecule has 20 heavy (non-hydrogen) atoms. The molecule has 0 unspecified atom stereocenters. The lowest BCUT2D eigenvalue weighted by Crippen LogP contribution is -2.34. The van der Waals surface area contributed by atoms with Gasteiger partial charge in [0.05, 0.1) is 24.0 Å². The number of benzene rings is 1. The Morgan fingerprint density at radius 2 is 2.00 bits per heavy atom. The van der Waals surface area contributed by atoms with Crippen molar-refractivity contribution in [3.8, 4) is 0 Å². The van der Waals surface area contributed by atoms with E-state index < -0.39 is 0 Å². The molecule has 108 valence electrons. The van der Waals surface area contributed by atoms with Gasteiger partial charge in [-0.1, -0.05) is 19.9 Å². The maximum Gasteiger partial charge on any atom is 0.238 e. The molecule has 0 fully saturated rings. The summed E-state index contributed by atoms with van der Waals surface area (Å²) in [6.07, 6.45) is 2.11. The molecule has 0 bridgehead atoms. The second-order valence-electron chi connectivity index (χ2n) is 4.76. The van der Waals surface area contributed by atoms with Gasteiger partial charge < -0.3 is 5.32 Å². The molecular weight excluding hydrogens is 272 g/mol. The number of anilines is 1. The van der Waals surface area contributed by atoms with Crippen molar-refractivity contribution >= 4 is 34.4 Å². The van der Waals surface area contributed by atoms with Crippen molar-refractivity contribution in [2.45, 2.75) is 26.7 Å². The minimum absolute atomic E-state index is 0.00685. The van der Waals surface area contributed by atoms with Crippen molar-refractivity contribution in [3.63, 3.8) is 0 Å². The average molecular weight is 292 g/mol. The Balaban J connectivity index is 2.01. The van der Waals surface area contributed by atoms with E-state index in [0.717, 1.165) is 54.4 Å². The van der Waals surface area contributed by atoms with E-state index >= 15 is 0 Å². The quantitative estimate of drug-likeness (QED) is 0.852. The molecule has 1 aromatic carbocycles. The van der Waals surface area contributed by atoms with Crippen molar-refractivity contribution < 1.29 is 4.79 Å². The molecule has 0 saturated carbocycles. The van der Waals surface area contributed by atoms with Crippen LogP contribution in [0.1, 0.15) is 26.7 Å². The number of nitrogens with one attached hydrogen (secondary N) is 1. The lowest BCUT2D eigenvalue weighted by molar-refractivity contribution is -0.117. The largest absolute Gasteiger partial charge is 0.323 e. The number of hydrogen-bond acceptors (Lipinski definition) is 5. The highest BCUT2D eigenvalue weighted by Gasteiger charge is 2.12. The minimum Gasteiger partial charge on any atom is -0.323 e. The third kappa shape index (κ3) is 3.74. The predicted molar refractivity (Wildman–Crippen MR) is 83.1 cm³/mol. The van der Waals surface area contributed by atoms with E-state index in [2.05, 4.69) is 32.8 Å². The maximum atomic E-state index is 12.1. The molecule has 1 heterocycles. The first-order valence-corrected chi connectivity index (χ1v) is 7.71. The lowest BCUT2D eigenvalue weighted by Gasteiger charge is -2.20. The highest BCUT2D eigenvalue weighted by atomic mass is 32.1. The molecule has 0 aliphatic rings. The minimum atomic E-state index is 0.00685. The smallest absolute Gasteiger partial charge is 0.238 e. The maximum absolute atomic E-state index is 12.1. The van der Waals surface area contributed by atoms with Crippen LogP contribution >= 0.6 is 11.7 Å². The van der Waals surface area contributed by atoms with E-state index in [1.807, 2.05) is 18.2 Å². The van der Waals surface area contributed by atoms with Crippen LogP contribution in [-0.4, -0.2) is 39.2 Å². The van der Waals surface area contributed by atoms with Gasteiger partial charge in [0, 0.05) is 0 Å². The first-order valence-electron chi connectivity index (χ1n) is 6.98. The third-order valence-electron chi connectivity index (χ3n) is 3.01. The third-order valence-corrected chi connectivity index (χ3v) is 3.55. The molecule has 0 radical (unpaired) electrons. The SMILES string of the molecule is CCCN(CCC)CC(=O)Nc1cccc2nsnc12. The summed E-state index contributed by atoms with van der Waals surface area (Å²) in [6, 6.07) is 5.65. The van der Waals surface area contributed by atoms with E-state index in [1.165, 1.54) is 0 Å². The van der Waals surface area contributed by atoms with Crippen LogP contribution in [-0.2, 0) is 4.79 Å². The van der Waals surface area contributed by atoms with Gasteiger partial charge in [-0.3, -0.25) is 9.69 Å². The summed E-state index contributed by atoms with van der Waals surface area (Å²) < 4.78 is 8.40. The van der Waals surface area contributed by atoms with Crippen LogP contribution in [0.3, 0.4) is 0 Å². The first-order chi connectivity index (χ1) is 9.74. The molecular formula is C14H20N4OS. The van der Waals surface area contributed by atoms with Gasteiger partial charge in [0.1, 0.15) is 11.0 Å². The molecule has 0 atom stereocenters. The van der Waals surface area contributed by atoms with Crippen molar-refractivity contribution in [1.82, 2.24) is 13.6 Å². The van der Waals surface area contributed by atoms with E-state index in [4.69, 9.17) is 0 Å². The van der Waals surface area contributed by atoms with Crippen LogP contribution in [0.4, 0.5) is 5.69 Å². The zero-order valence-electron chi connectivity index (χ0n) is 11.9. The molecule has 2 aromatic rings. The fourth-order valence-corrected chi connectivity index (χ4v) is 2.75. The van der Waals surface area contributed by atoms with Gasteiger partial charge in [0.15, 0.2) is 0 Å². The summed E-state index contributed by atoms with van der Waals surface area (Å²) in [6.45, 7) is 6.58. The van der Waals surface area contributed by atoms with Crippen molar-refractivity contribution in [3.05, 3.63) is 18.2 Å². The molecule has 2 rings (SSSR count). The van der Waals surface area contributed by atoms with Crippen molar-refractivity contribution in [1.29, 1.82) is 0 Å². The number of aromatic nitrogens is 2. The van der Waals surface area contributed by atoms with Crippen molar-refractivity contribution in [2.75, 3.05) is 25.0 Å². The summed E-state index contributed by atoms with van der Waals surface area (Å²) >= 11 is 1.16. The predicted octanol–water partition coefficient (Wildman–Crippen LogP) is 2.75. The van der Waals surface area contributed by atoms with Crippen LogP contribution in [0.15, 0.2) is 18.2 Å². The van der Waals surface area contributed by atoms with Gasteiger partial charge in [-0.25, -0.2) is 0 Å². The molecule has 1 N–H and O–H groups in total. The highest BCUT2D eigenvalue weighted by Crippen LogP contribution is 2.20. The van der Waals surface area contributed by atoms with Gasteiger partial charge in [0.25, 0.3) is 0 Å². The fraction of sp³-hybridized carbons (Fsp3) is 0.500. The Morgan fingerprint density at radius 3 is 2.70 bits per heavy atom. The van der Waals surface area contributed by atoms with Gasteiger partial charge in [0.2, 0.25) is 5.91 Å². The number of fused-ring (bicyclic) bond motifs is 1. The fourth-order valence-electron chi connectivity index (χ4n) is 2.20. The number of nitrogens with zero attached hydrogens (tertiary/aromatic N) is 3. The van der Waals surface area contributed by atoms with E-state index in [0.29, 0.717) is 6.54 Å². The van der Waals surface area contributed by atoms with E-state index in [1.54, 1.807) is 0 Å². The Bertz CT molecular complexity index is 563. The van der Waals surface area contributed by atoms with E-state index in [-0.39, 0.29) is 5.91 Å². The van der Waals surface area contributed by atoms with Gasteiger partial charge in [-0.2, -0.15) is 8.75 Å². The summed E-state index contributed by atoms with van der Waals surface area (Å²) in [5, 5.41) is 2.94. The Hall–Kier alpha value is -1.53. The zero-order valence-corrected chi connectivity index (χ0v) is 12.7. The molecule has 1 amide bonds. The Labute approximate surface area is 123 Å². The number of carbonyl (C=O) groups is 1. The summed E-state index contributed by atoms with van der Waals surface area (Å²) in [4.78, 5) is 14.3. The lowest BCUT2D eigenvalue weighted by atomic mass is 10.2. The van der Waals surface area contributed by atoms with Crippen LogP contribution in [0, 0.1) is 0 Å².